The van der Waals surface area contributed by atoms with Gasteiger partial charge in [-0.3, -0.25) is 4.21 Å². The van der Waals surface area contributed by atoms with Gasteiger partial charge in [-0.1, -0.05) is 20.3 Å². The van der Waals surface area contributed by atoms with E-state index in [2.05, 4.69) is 19.2 Å². The lowest BCUT2D eigenvalue weighted by Gasteiger charge is -2.28. The fourth-order valence-electron chi connectivity index (χ4n) is 2.16. The Morgan fingerprint density at radius 3 is 2.73 bits per heavy atom. The number of nitrogens with one attached hydrogen (secondary N) is 1. The zero-order valence-corrected chi connectivity index (χ0v) is 11.1. The third kappa shape index (κ3) is 4.64. The fourth-order valence-corrected chi connectivity index (χ4v) is 4.08. The normalized spacial score (nSPS) is 29.3. The Hall–Kier alpha value is 0.110. The van der Waals surface area contributed by atoms with Crippen LogP contribution < -0.4 is 5.32 Å². The van der Waals surface area contributed by atoms with Crippen molar-refractivity contribution in [2.45, 2.75) is 57.2 Å². The molecule has 0 spiro atoms. The first-order valence-corrected chi connectivity index (χ1v) is 7.56. The topological polar surface area (TPSA) is 29.1 Å². The van der Waals surface area contributed by atoms with Crippen LogP contribution in [0, 0.1) is 5.92 Å². The van der Waals surface area contributed by atoms with Crippen molar-refractivity contribution in [1.82, 2.24) is 5.32 Å². The zero-order chi connectivity index (χ0) is 11.3. The molecule has 0 bridgehead atoms. The molecule has 3 atom stereocenters. The molecule has 1 fully saturated rings. The van der Waals surface area contributed by atoms with E-state index in [1.165, 1.54) is 19.3 Å². The molecule has 0 amide bonds. The van der Waals surface area contributed by atoms with E-state index in [4.69, 9.17) is 0 Å². The molecule has 1 saturated carbocycles. The molecule has 0 aromatic heterocycles. The molecule has 0 aliphatic heterocycles. The molecule has 0 heterocycles. The summed E-state index contributed by atoms with van der Waals surface area (Å²) in [7, 11) is 1.43. The minimum absolute atomic E-state index is 0.454. The number of rotatable bonds is 5. The summed E-state index contributed by atoms with van der Waals surface area (Å²) >= 11 is 0. The summed E-state index contributed by atoms with van der Waals surface area (Å²) in [6, 6.07) is 0.603. The van der Waals surface area contributed by atoms with Gasteiger partial charge in [-0.05, 0) is 38.6 Å². The third-order valence-electron chi connectivity index (χ3n) is 3.30. The molecule has 3 heteroatoms. The maximum absolute atomic E-state index is 12.0. The lowest BCUT2D eigenvalue weighted by molar-refractivity contribution is 0.397. The van der Waals surface area contributed by atoms with Crippen LogP contribution in [0.2, 0.25) is 0 Å². The molecule has 90 valence electrons. The third-order valence-corrected chi connectivity index (χ3v) is 5.11. The Labute approximate surface area is 96.7 Å². The highest BCUT2D eigenvalue weighted by Crippen LogP contribution is 2.23. The van der Waals surface area contributed by atoms with Crippen molar-refractivity contribution >= 4 is 10.8 Å². The van der Waals surface area contributed by atoms with Crippen LogP contribution in [0.4, 0.5) is 0 Å². The van der Waals surface area contributed by atoms with Gasteiger partial charge in [-0.25, -0.2) is 0 Å². The summed E-state index contributed by atoms with van der Waals surface area (Å²) < 4.78 is 12.0. The van der Waals surface area contributed by atoms with Crippen molar-refractivity contribution in [2.75, 3.05) is 12.8 Å². The first-order chi connectivity index (χ1) is 7.13. The van der Waals surface area contributed by atoms with Gasteiger partial charge in [0.2, 0.25) is 0 Å². The van der Waals surface area contributed by atoms with Crippen LogP contribution in [0.15, 0.2) is 0 Å². The van der Waals surface area contributed by atoms with Gasteiger partial charge >= 0.3 is 0 Å². The smallest absolute Gasteiger partial charge is 0.0362 e. The summed E-state index contributed by atoms with van der Waals surface area (Å²) in [4.78, 5) is 0. The monoisotopic (exact) mass is 231 g/mol. The first kappa shape index (κ1) is 13.2. The molecule has 1 rings (SSSR count). The molecular weight excluding hydrogens is 206 g/mol. The zero-order valence-electron chi connectivity index (χ0n) is 10.3. The molecule has 15 heavy (non-hydrogen) atoms. The number of hydrogen-bond donors (Lipinski definition) is 1. The van der Waals surface area contributed by atoms with Crippen molar-refractivity contribution in [2.24, 2.45) is 5.92 Å². The summed E-state index contributed by atoms with van der Waals surface area (Å²) in [6.07, 6.45) is 5.88. The van der Waals surface area contributed by atoms with E-state index >= 15 is 0 Å². The van der Waals surface area contributed by atoms with Gasteiger partial charge in [0.25, 0.3) is 0 Å². The Bertz CT molecular complexity index is 206. The van der Waals surface area contributed by atoms with Gasteiger partial charge < -0.3 is 5.32 Å². The van der Waals surface area contributed by atoms with Crippen LogP contribution >= 0.6 is 0 Å². The van der Waals surface area contributed by atoms with Crippen molar-refractivity contribution in [3.63, 3.8) is 0 Å². The first-order valence-electron chi connectivity index (χ1n) is 6.18. The molecule has 0 saturated heterocycles. The molecular formula is C12H25NOS. The van der Waals surface area contributed by atoms with Crippen LogP contribution in [0.1, 0.15) is 46.0 Å². The van der Waals surface area contributed by atoms with Gasteiger partial charge in [-0.15, -0.1) is 0 Å². The summed E-state index contributed by atoms with van der Waals surface area (Å²) in [5.74, 6) is 1.58. The molecule has 1 aliphatic rings. The average molecular weight is 231 g/mol. The Morgan fingerprint density at radius 2 is 2.13 bits per heavy atom. The van der Waals surface area contributed by atoms with Crippen molar-refractivity contribution in [1.29, 1.82) is 0 Å². The van der Waals surface area contributed by atoms with Gasteiger partial charge in [0.1, 0.15) is 0 Å². The van der Waals surface area contributed by atoms with E-state index < -0.39 is 10.8 Å². The van der Waals surface area contributed by atoms with Crippen LogP contribution in [-0.2, 0) is 10.8 Å². The molecule has 2 nitrogen and oxygen atoms in total. The molecule has 3 unspecified atom stereocenters. The quantitative estimate of drug-likeness (QED) is 0.787. The maximum atomic E-state index is 12.0. The minimum Gasteiger partial charge on any atom is -0.317 e. The van der Waals surface area contributed by atoms with Crippen LogP contribution in [-0.4, -0.2) is 28.3 Å². The highest BCUT2D eigenvalue weighted by molar-refractivity contribution is 7.85. The Morgan fingerprint density at radius 1 is 1.40 bits per heavy atom. The van der Waals surface area contributed by atoms with E-state index in [0.29, 0.717) is 17.2 Å². The van der Waals surface area contributed by atoms with Crippen molar-refractivity contribution in [3.05, 3.63) is 0 Å². The standard InChI is InChI=1S/C12H25NOS/c1-10(2)7-8-15(14)12-6-4-5-11(9-12)13-3/h10-13H,4-9H2,1-3H3. The molecule has 0 aromatic carbocycles. The largest absolute Gasteiger partial charge is 0.317 e. The van der Waals surface area contributed by atoms with E-state index in [1.807, 2.05) is 7.05 Å². The predicted molar refractivity (Wildman–Crippen MR) is 67.6 cm³/mol. The molecule has 1 N–H and O–H groups in total. The molecule has 1 aliphatic carbocycles. The predicted octanol–water partition coefficient (Wildman–Crippen LogP) is 2.31. The molecule has 0 aromatic rings. The van der Waals surface area contributed by atoms with E-state index in [0.717, 1.165) is 18.6 Å². The van der Waals surface area contributed by atoms with Gasteiger partial charge in [0.15, 0.2) is 0 Å². The van der Waals surface area contributed by atoms with E-state index in [9.17, 15) is 4.21 Å². The lowest BCUT2D eigenvalue weighted by atomic mass is 9.95. The van der Waals surface area contributed by atoms with Gasteiger partial charge in [-0.2, -0.15) is 0 Å². The molecule has 0 radical (unpaired) electrons. The average Bonchev–Trinajstić information content (AvgIpc) is 2.26. The maximum Gasteiger partial charge on any atom is 0.0362 e. The van der Waals surface area contributed by atoms with Crippen molar-refractivity contribution < 1.29 is 4.21 Å². The number of hydrogen-bond acceptors (Lipinski definition) is 2. The highest BCUT2D eigenvalue weighted by Gasteiger charge is 2.24. The summed E-state index contributed by atoms with van der Waals surface area (Å²) in [5.41, 5.74) is 0. The SMILES string of the molecule is CNC1CCCC(S(=O)CCC(C)C)C1. The second-order valence-corrected chi connectivity index (χ2v) is 6.88. The Balaban J connectivity index is 2.32. The van der Waals surface area contributed by atoms with E-state index in [1.54, 1.807) is 0 Å². The summed E-state index contributed by atoms with van der Waals surface area (Å²) in [5, 5.41) is 3.77. The van der Waals surface area contributed by atoms with Gasteiger partial charge in [0, 0.05) is 27.8 Å². The van der Waals surface area contributed by atoms with Crippen LogP contribution in [0.3, 0.4) is 0 Å². The second kappa shape index (κ2) is 6.64. The summed E-state index contributed by atoms with van der Waals surface area (Å²) in [6.45, 7) is 4.41. The van der Waals surface area contributed by atoms with Crippen LogP contribution in [0.25, 0.3) is 0 Å². The minimum atomic E-state index is -0.589. The second-order valence-electron chi connectivity index (χ2n) is 5.04. The Kier molecular flexibility index (Phi) is 5.83. The lowest BCUT2D eigenvalue weighted by Crippen LogP contribution is -2.36. The van der Waals surface area contributed by atoms with E-state index in [-0.39, 0.29) is 0 Å². The fraction of sp³-hybridized carbons (Fsp3) is 1.00. The van der Waals surface area contributed by atoms with Gasteiger partial charge in [0.05, 0.1) is 0 Å². The van der Waals surface area contributed by atoms with Crippen molar-refractivity contribution in [3.8, 4) is 0 Å². The highest BCUT2D eigenvalue weighted by atomic mass is 32.2. The van der Waals surface area contributed by atoms with Crippen LogP contribution in [0.5, 0.6) is 0 Å².